The van der Waals surface area contributed by atoms with Gasteiger partial charge in [0.25, 0.3) is 22.8 Å². The molecule has 138 heavy (non-hydrogen) atoms. The molecule has 0 fully saturated rings. The first-order chi connectivity index (χ1) is 67.3. The van der Waals surface area contributed by atoms with Crippen LogP contribution in [0.3, 0.4) is 0 Å². The lowest BCUT2D eigenvalue weighted by Gasteiger charge is -2.11. The molecular weight excluding hydrogens is 1720 g/mol. The number of hydrogen-bond acceptors (Lipinski definition) is 17. The van der Waals surface area contributed by atoms with Gasteiger partial charge in [0.1, 0.15) is 17.2 Å². The lowest BCUT2D eigenvalue weighted by Crippen LogP contribution is -2.07. The molecule has 21 nitrogen and oxygen atoms in total. The van der Waals surface area contributed by atoms with Gasteiger partial charge < -0.3 is 43.1 Å². The van der Waals surface area contributed by atoms with Crippen molar-refractivity contribution in [2.45, 2.75) is 89.9 Å². The first-order valence-electron chi connectivity index (χ1n) is 45.7. The van der Waals surface area contributed by atoms with Crippen molar-refractivity contribution < 1.29 is 47.7 Å². The third-order valence-corrected chi connectivity index (χ3v) is 21.3. The van der Waals surface area contributed by atoms with Crippen molar-refractivity contribution in [2.75, 3.05) is 96.6 Å². The number of nitro groups is 1. The van der Waals surface area contributed by atoms with Crippen LogP contribution in [0.2, 0.25) is 0 Å². The molecule has 0 N–H and O–H groups in total. The van der Waals surface area contributed by atoms with Crippen molar-refractivity contribution in [2.24, 2.45) is 10.2 Å². The molecule has 21 heteroatoms. The van der Waals surface area contributed by atoms with Gasteiger partial charge in [-0.15, -0.1) is 0 Å². The van der Waals surface area contributed by atoms with Crippen molar-refractivity contribution >= 4 is 70.3 Å². The normalized spacial score (nSPS) is 10.7. The summed E-state index contributed by atoms with van der Waals surface area (Å²) in [4.78, 5) is 63.9. The number of non-ortho nitro benzene ring substituents is 1. The van der Waals surface area contributed by atoms with Gasteiger partial charge in [-0.05, 0) is 303 Å². The van der Waals surface area contributed by atoms with Crippen LogP contribution < -0.4 is 28.9 Å². The summed E-state index contributed by atoms with van der Waals surface area (Å²) in [5.41, 5.74) is 17.1. The molecule has 12 rings (SSSR count). The topological polar surface area (TPSA) is 221 Å². The SMILES string of the molecule is [C-]#[N+]/C(=C\c1ccc(C#Cc2ccc(N(C)C)cc2)cc1)C(=O)OCCCCCCCCOc1ccc(-c2ccccc2)cc1.[C-]#[N+]/C(=C\c1ccc(C#Cc2ccc(N(C)C)cc2)cc1)C(=O)OCCCCCCOc1ccc(-c2ccc(C#N)cc2)cc1.[C-]#[N+]/C(=C\c1ccc(C#Cc2ccc(N(C)C)cc2)cc1)C(=O)OCCCCCCOc1ccc(N=Nc2ccc([N+](=O)[O-])cc2)cc1. The number of carbonyl (C=O) groups excluding carboxylic acids is 3. The number of anilines is 3. The van der Waals surface area contributed by atoms with E-state index in [1.54, 1.807) is 36.4 Å². The number of ether oxygens (including phenoxy) is 6. The van der Waals surface area contributed by atoms with Crippen LogP contribution in [-0.2, 0) is 28.6 Å². The molecule has 12 aromatic rings. The fraction of sp³-hybridized carbons (Fsp3) is 0.222. The van der Waals surface area contributed by atoms with Crippen LogP contribution in [0.4, 0.5) is 34.1 Å². The van der Waals surface area contributed by atoms with E-state index in [1.165, 1.54) is 41.5 Å². The standard InChI is InChI=1S/C40H40N2O3.C39H35N3O3.C38H35N5O5/c1-41-39(31-34-19-17-32(18-20-34)15-16-33-21-25-37(26-22-33)42(2)3)40(43)45-30-12-7-5-4-6-11-29-44-38-27-23-36(24-28-38)35-13-9-8-10-14-35;1-41-38(28-32-12-10-30(11-13-32)8-9-31-16-22-36(23-17-31)42(2)3)39(43)45-27-7-5-4-6-26-44-37-24-20-35(21-25-37)34-18-14-33(29-40)15-19-34;1-39-37(28-31-12-10-29(11-13-31)8-9-30-14-20-34(21-15-30)42(2)3)38(44)48-27-7-5-4-6-26-47-36-24-18-33(19-25-36)41-40-32-16-22-35(23-17-32)43(45)46/h8-10,13-14,17-28,31H,4-7,11-12,29-30H2,2-3H3;10-25,28H,4-7,26-27H2,2-3H3;10-25,28H,4-7,26-27H2,2-3H3/b39-31-;38-28-;37-28-,41-40?. The molecule has 694 valence electrons. The zero-order valence-corrected chi connectivity index (χ0v) is 78.6. The fourth-order valence-electron chi connectivity index (χ4n) is 13.4. The monoisotopic (exact) mass is 1830 g/mol. The Morgan fingerprint density at radius 3 is 0.826 bits per heavy atom. The highest BCUT2D eigenvalue weighted by molar-refractivity contribution is 5.97. The first-order valence-corrected chi connectivity index (χ1v) is 45.7. The number of nitriles is 1. The van der Waals surface area contributed by atoms with Gasteiger partial charge in [-0.3, -0.25) is 24.5 Å². The van der Waals surface area contributed by atoms with Gasteiger partial charge in [-0.25, -0.2) is 14.5 Å². The number of nitro benzene ring substituents is 1. The predicted octanol–water partition coefficient (Wildman–Crippen LogP) is 26.1. The van der Waals surface area contributed by atoms with Gasteiger partial charge in [0.2, 0.25) is 0 Å². The molecule has 0 amide bonds. The van der Waals surface area contributed by atoms with Gasteiger partial charge in [0.15, 0.2) is 0 Å². The molecule has 0 aliphatic heterocycles. The Morgan fingerprint density at radius 1 is 0.319 bits per heavy atom. The molecule has 0 unspecified atom stereocenters. The van der Waals surface area contributed by atoms with Crippen molar-refractivity contribution in [3.63, 3.8) is 0 Å². The molecule has 12 aromatic carbocycles. The minimum atomic E-state index is -0.630. The van der Waals surface area contributed by atoms with Crippen LogP contribution in [-0.4, -0.2) is 105 Å². The van der Waals surface area contributed by atoms with E-state index in [1.807, 2.05) is 281 Å². The Morgan fingerprint density at radius 2 is 0.558 bits per heavy atom. The molecular formula is C117H110N10O11. The summed E-state index contributed by atoms with van der Waals surface area (Å²) < 4.78 is 33.6. The number of rotatable bonds is 40. The summed E-state index contributed by atoms with van der Waals surface area (Å²) in [6.07, 6.45) is 17.4. The van der Waals surface area contributed by atoms with Crippen LogP contribution in [0.25, 0.3) is 55.0 Å². The Balaban J connectivity index is 0.000000214. The molecule has 0 bridgehead atoms. The minimum Gasteiger partial charge on any atom is -0.494 e. The Bertz CT molecular complexity index is 6440. The Labute approximate surface area is 810 Å². The summed E-state index contributed by atoms with van der Waals surface area (Å²) in [5.74, 6) is 19.5. The molecule has 0 radical (unpaired) electrons. The summed E-state index contributed by atoms with van der Waals surface area (Å²) in [6, 6.07) is 95.5. The van der Waals surface area contributed by atoms with E-state index in [0.717, 1.165) is 173 Å². The molecule has 0 aliphatic rings. The van der Waals surface area contributed by atoms with Gasteiger partial charge in [0.05, 0.1) is 87.3 Å². The largest absolute Gasteiger partial charge is 0.494 e. The number of esters is 3. The quantitative estimate of drug-likeness (QED) is 0.00401. The smallest absolute Gasteiger partial charge is 0.336 e. The third-order valence-electron chi connectivity index (χ3n) is 21.3. The predicted molar refractivity (Wildman–Crippen MR) is 549 cm³/mol. The highest BCUT2D eigenvalue weighted by Crippen LogP contribution is 2.29. The molecule has 0 spiro atoms. The number of hydrogen-bond donors (Lipinski definition) is 0. The van der Waals surface area contributed by atoms with Crippen LogP contribution in [0.5, 0.6) is 17.2 Å². The molecule has 0 aromatic heterocycles. The molecule has 0 aliphatic carbocycles. The van der Waals surface area contributed by atoms with Crippen LogP contribution in [0.15, 0.2) is 325 Å². The molecule has 0 saturated heterocycles. The number of unbranched alkanes of at least 4 members (excludes halogenated alkanes) is 11. The number of azo groups is 1. The summed E-state index contributed by atoms with van der Waals surface area (Å²) in [6.45, 7) is 25.0. The van der Waals surface area contributed by atoms with Crippen molar-refractivity contribution in [1.82, 2.24) is 0 Å². The van der Waals surface area contributed by atoms with Crippen molar-refractivity contribution in [3.8, 4) is 81.1 Å². The summed E-state index contributed by atoms with van der Waals surface area (Å²) in [5, 5.41) is 27.9. The number of carbonyl (C=O) groups is 3. The second-order valence-corrected chi connectivity index (χ2v) is 32.3. The lowest BCUT2D eigenvalue weighted by molar-refractivity contribution is -0.384. The average Bonchev–Trinajstić information content (AvgIpc) is 0.833. The van der Waals surface area contributed by atoms with E-state index < -0.39 is 22.8 Å². The van der Waals surface area contributed by atoms with Gasteiger partial charge in [-0.1, -0.05) is 164 Å². The number of nitrogens with zero attached hydrogens (tertiary/aromatic N) is 10. The Kier molecular flexibility index (Phi) is 42.6. The highest BCUT2D eigenvalue weighted by Gasteiger charge is 2.16. The molecule has 0 saturated carbocycles. The van der Waals surface area contributed by atoms with E-state index in [2.05, 4.69) is 90.6 Å². The second kappa shape index (κ2) is 57.2. The van der Waals surface area contributed by atoms with E-state index >= 15 is 0 Å². The minimum absolute atomic E-state index is 0.00128. The van der Waals surface area contributed by atoms with Crippen molar-refractivity contribution in [1.29, 1.82) is 5.26 Å². The fourth-order valence-corrected chi connectivity index (χ4v) is 13.4. The maximum atomic E-state index is 12.5. The third kappa shape index (κ3) is 36.7. The van der Waals surface area contributed by atoms with Gasteiger partial charge in [0, 0.05) is 105 Å². The van der Waals surface area contributed by atoms with Crippen LogP contribution in [0, 0.1) is 76.7 Å². The van der Waals surface area contributed by atoms with Crippen LogP contribution in [0.1, 0.15) is 146 Å². The maximum absolute atomic E-state index is 12.5. The maximum Gasteiger partial charge on any atom is 0.336 e. The van der Waals surface area contributed by atoms with E-state index in [0.29, 0.717) is 55.5 Å². The van der Waals surface area contributed by atoms with E-state index in [-0.39, 0.29) is 36.0 Å². The summed E-state index contributed by atoms with van der Waals surface area (Å²) >= 11 is 0. The highest BCUT2D eigenvalue weighted by atomic mass is 16.6. The van der Waals surface area contributed by atoms with Gasteiger partial charge >= 0.3 is 17.9 Å². The number of benzene rings is 12. The van der Waals surface area contributed by atoms with Crippen molar-refractivity contribution in [3.05, 3.63) is 414 Å². The summed E-state index contributed by atoms with van der Waals surface area (Å²) in [7, 11) is 12.0. The Hall–Kier alpha value is -17.3. The van der Waals surface area contributed by atoms with E-state index in [4.69, 9.17) is 53.4 Å². The zero-order valence-electron chi connectivity index (χ0n) is 78.6. The molecule has 0 heterocycles. The first kappa shape index (κ1) is 103. The van der Waals surface area contributed by atoms with Crippen LogP contribution >= 0.6 is 0 Å². The van der Waals surface area contributed by atoms with Gasteiger partial charge in [-0.2, -0.15) is 15.5 Å². The average molecular weight is 1830 g/mol. The lowest BCUT2D eigenvalue weighted by atomic mass is 10.0. The second-order valence-electron chi connectivity index (χ2n) is 32.3. The van der Waals surface area contributed by atoms with E-state index in [9.17, 15) is 24.5 Å². The zero-order chi connectivity index (χ0) is 97.7. The molecule has 0 atom stereocenters.